The molecule has 2 aromatic rings. The van der Waals surface area contributed by atoms with Crippen molar-refractivity contribution in [1.82, 2.24) is 0 Å². The van der Waals surface area contributed by atoms with Crippen molar-refractivity contribution < 1.29 is 4.79 Å². The van der Waals surface area contributed by atoms with Gasteiger partial charge in [-0.25, -0.2) is 0 Å². The zero-order chi connectivity index (χ0) is 17.5. The van der Waals surface area contributed by atoms with Gasteiger partial charge in [-0.05, 0) is 30.9 Å². The van der Waals surface area contributed by atoms with Crippen LogP contribution in [-0.4, -0.2) is 11.5 Å². The number of thiophene rings is 1. The van der Waals surface area contributed by atoms with Crippen molar-refractivity contribution in [2.24, 2.45) is 0 Å². The second-order valence-corrected chi connectivity index (χ2v) is 9.17. The van der Waals surface area contributed by atoms with E-state index in [2.05, 4.69) is 25.1 Å². The van der Waals surface area contributed by atoms with Gasteiger partial charge in [0.2, 0.25) is 5.78 Å². The lowest BCUT2D eigenvalue weighted by Crippen LogP contribution is -1.99. The summed E-state index contributed by atoms with van der Waals surface area (Å²) in [5.74, 6) is 1.35. The molecule has 2 heterocycles. The summed E-state index contributed by atoms with van der Waals surface area (Å²) >= 11 is 3.56. The molecule has 3 rings (SSSR count). The van der Waals surface area contributed by atoms with Gasteiger partial charge in [-0.15, -0.1) is 23.1 Å². The Morgan fingerprint density at radius 3 is 2.44 bits per heavy atom. The first-order valence-corrected chi connectivity index (χ1v) is 11.5. The number of hydrogen-bond acceptors (Lipinski definition) is 3. The van der Waals surface area contributed by atoms with Crippen LogP contribution in [-0.2, 0) is 12.8 Å². The number of hydrogen-bond donors (Lipinski definition) is 0. The van der Waals surface area contributed by atoms with E-state index in [1.807, 2.05) is 23.9 Å². The number of ketones is 1. The molecule has 1 aliphatic rings. The number of benzene rings is 1. The SMILES string of the molecule is CCCCCCCCCc1ccc(C(=O)c2cc3c(s2)CCS3)cc1. The molecule has 1 aromatic heterocycles. The number of rotatable bonds is 10. The smallest absolute Gasteiger partial charge is 0.202 e. The second-order valence-electron chi connectivity index (χ2n) is 6.89. The van der Waals surface area contributed by atoms with E-state index in [0.29, 0.717) is 0 Å². The number of aryl methyl sites for hydroxylation is 2. The monoisotopic (exact) mass is 372 g/mol. The van der Waals surface area contributed by atoms with Crippen molar-refractivity contribution in [3.63, 3.8) is 0 Å². The maximum atomic E-state index is 12.6. The van der Waals surface area contributed by atoms with E-state index in [9.17, 15) is 4.79 Å². The molecule has 1 nitrogen and oxygen atoms in total. The number of fused-ring (bicyclic) bond motifs is 1. The highest BCUT2D eigenvalue weighted by atomic mass is 32.2. The Bertz CT molecular complexity index is 663. The summed E-state index contributed by atoms with van der Waals surface area (Å²) in [6.45, 7) is 2.26. The number of unbranched alkanes of at least 4 members (excludes halogenated alkanes) is 6. The van der Waals surface area contributed by atoms with E-state index in [1.165, 1.54) is 66.0 Å². The van der Waals surface area contributed by atoms with Crippen molar-refractivity contribution in [1.29, 1.82) is 0 Å². The summed E-state index contributed by atoms with van der Waals surface area (Å²) in [5.41, 5.74) is 2.18. The van der Waals surface area contributed by atoms with Crippen molar-refractivity contribution in [2.45, 2.75) is 69.6 Å². The van der Waals surface area contributed by atoms with Crippen LogP contribution in [0, 0.1) is 0 Å². The quantitative estimate of drug-likeness (QED) is 0.332. The average molecular weight is 373 g/mol. The Kier molecular flexibility index (Phi) is 7.18. The molecule has 134 valence electrons. The molecule has 0 spiro atoms. The van der Waals surface area contributed by atoms with Gasteiger partial charge in [0.15, 0.2) is 0 Å². The molecular weight excluding hydrogens is 344 g/mol. The minimum atomic E-state index is 0.183. The van der Waals surface area contributed by atoms with Gasteiger partial charge < -0.3 is 0 Å². The molecule has 0 aliphatic carbocycles. The molecule has 0 bridgehead atoms. The minimum Gasteiger partial charge on any atom is -0.288 e. The third-order valence-electron chi connectivity index (χ3n) is 4.87. The van der Waals surface area contributed by atoms with Crippen LogP contribution in [0.1, 0.15) is 77.5 Å². The second kappa shape index (κ2) is 9.59. The normalized spacial score (nSPS) is 13.2. The van der Waals surface area contributed by atoms with Crippen molar-refractivity contribution in [3.05, 3.63) is 51.2 Å². The summed E-state index contributed by atoms with van der Waals surface area (Å²) in [7, 11) is 0. The molecule has 0 amide bonds. The molecule has 1 aliphatic heterocycles. The Morgan fingerprint density at radius 1 is 1.00 bits per heavy atom. The lowest BCUT2D eigenvalue weighted by molar-refractivity contribution is 0.104. The van der Waals surface area contributed by atoms with Gasteiger partial charge >= 0.3 is 0 Å². The Morgan fingerprint density at radius 2 is 1.72 bits per heavy atom. The van der Waals surface area contributed by atoms with Crippen molar-refractivity contribution in [3.8, 4) is 0 Å². The van der Waals surface area contributed by atoms with E-state index in [-0.39, 0.29) is 5.78 Å². The van der Waals surface area contributed by atoms with Gasteiger partial charge in [-0.2, -0.15) is 0 Å². The molecule has 25 heavy (non-hydrogen) atoms. The summed E-state index contributed by atoms with van der Waals surface area (Å²) in [4.78, 5) is 16.3. The van der Waals surface area contributed by atoms with Gasteiger partial charge in [-0.1, -0.05) is 69.7 Å². The molecule has 0 atom stereocenters. The van der Waals surface area contributed by atoms with Crippen LogP contribution < -0.4 is 0 Å². The molecule has 3 heteroatoms. The van der Waals surface area contributed by atoms with Gasteiger partial charge in [0.1, 0.15) is 0 Å². The standard InChI is InChI=1S/C22H28OS2/c1-2-3-4-5-6-7-8-9-17-10-12-18(13-11-17)22(23)21-16-20-19(25-21)14-15-24-20/h10-13,16H,2-9,14-15H2,1H3. The van der Waals surface area contributed by atoms with E-state index >= 15 is 0 Å². The summed E-state index contributed by atoms with van der Waals surface area (Å²) in [5, 5.41) is 0. The first-order chi connectivity index (χ1) is 12.3. The Hall–Kier alpha value is -1.06. The molecule has 0 saturated carbocycles. The van der Waals surface area contributed by atoms with Crippen LogP contribution >= 0.6 is 23.1 Å². The fourth-order valence-electron chi connectivity index (χ4n) is 3.33. The maximum Gasteiger partial charge on any atom is 0.202 e. The predicted molar refractivity (Wildman–Crippen MR) is 110 cm³/mol. The van der Waals surface area contributed by atoms with Gasteiger partial charge in [-0.3, -0.25) is 4.79 Å². The Labute approximate surface area is 160 Å². The highest BCUT2D eigenvalue weighted by molar-refractivity contribution is 7.99. The van der Waals surface area contributed by atoms with Crippen molar-refractivity contribution in [2.75, 3.05) is 5.75 Å². The lowest BCUT2D eigenvalue weighted by atomic mass is 10.0. The van der Waals surface area contributed by atoms with Crippen molar-refractivity contribution >= 4 is 28.9 Å². The highest BCUT2D eigenvalue weighted by Crippen LogP contribution is 2.38. The third-order valence-corrected chi connectivity index (χ3v) is 7.27. The fourth-order valence-corrected chi connectivity index (χ4v) is 5.84. The Balaban J connectivity index is 1.46. The fraction of sp³-hybridized carbons (Fsp3) is 0.500. The predicted octanol–water partition coefficient (Wildman–Crippen LogP) is 6.92. The summed E-state index contributed by atoms with van der Waals surface area (Å²) in [6.07, 6.45) is 11.7. The van der Waals surface area contributed by atoms with Gasteiger partial charge in [0.25, 0.3) is 0 Å². The van der Waals surface area contributed by atoms with Gasteiger partial charge in [0.05, 0.1) is 4.88 Å². The minimum absolute atomic E-state index is 0.183. The number of thioether (sulfide) groups is 1. The van der Waals surface area contributed by atoms with Crippen LogP contribution in [0.2, 0.25) is 0 Å². The molecule has 1 aromatic carbocycles. The molecule has 0 radical (unpaired) electrons. The highest BCUT2D eigenvalue weighted by Gasteiger charge is 2.19. The van der Waals surface area contributed by atoms with Crippen LogP contribution in [0.5, 0.6) is 0 Å². The lowest BCUT2D eigenvalue weighted by Gasteiger charge is -2.04. The summed E-state index contributed by atoms with van der Waals surface area (Å²) < 4.78 is 0. The molecule has 0 N–H and O–H groups in total. The van der Waals surface area contributed by atoms with Crippen LogP contribution in [0.4, 0.5) is 0 Å². The van der Waals surface area contributed by atoms with E-state index in [0.717, 1.165) is 23.3 Å². The average Bonchev–Trinajstić information content (AvgIpc) is 3.23. The number of carbonyl (C=O) groups is 1. The molecular formula is C22H28OS2. The van der Waals surface area contributed by atoms with Gasteiger partial charge in [0, 0.05) is 21.1 Å². The number of carbonyl (C=O) groups excluding carboxylic acids is 1. The topological polar surface area (TPSA) is 17.1 Å². The maximum absolute atomic E-state index is 12.6. The zero-order valence-electron chi connectivity index (χ0n) is 15.2. The largest absolute Gasteiger partial charge is 0.288 e. The third kappa shape index (κ3) is 5.21. The van der Waals surface area contributed by atoms with Crippen LogP contribution in [0.3, 0.4) is 0 Å². The van der Waals surface area contributed by atoms with Crippen LogP contribution in [0.25, 0.3) is 0 Å². The molecule has 0 saturated heterocycles. The molecule has 0 unspecified atom stereocenters. The first-order valence-electron chi connectivity index (χ1n) is 9.67. The molecule has 0 fully saturated rings. The van der Waals surface area contributed by atoms with E-state index in [1.54, 1.807) is 11.3 Å². The summed E-state index contributed by atoms with van der Waals surface area (Å²) in [6, 6.07) is 10.4. The van der Waals surface area contributed by atoms with Crippen LogP contribution in [0.15, 0.2) is 35.2 Å². The van der Waals surface area contributed by atoms with E-state index < -0.39 is 0 Å². The van der Waals surface area contributed by atoms with E-state index in [4.69, 9.17) is 0 Å². The zero-order valence-corrected chi connectivity index (χ0v) is 16.8. The first kappa shape index (κ1) is 18.7.